The number of allylic oxidation sites excluding steroid dienone is 2. The Hall–Kier alpha value is -1.08. The monoisotopic (exact) mass is 257 g/mol. The lowest BCUT2D eigenvalue weighted by Gasteiger charge is -2.16. The highest BCUT2D eigenvalue weighted by Crippen LogP contribution is 2.32. The van der Waals surface area contributed by atoms with Crippen molar-refractivity contribution >= 4 is 5.57 Å². The zero-order valence-corrected chi connectivity index (χ0v) is 12.9. The van der Waals surface area contributed by atoms with Crippen molar-refractivity contribution in [3.8, 4) is 0 Å². The molecule has 1 N–H and O–H groups in total. The second kappa shape index (κ2) is 6.38. The second-order valence-electron chi connectivity index (χ2n) is 5.58. The van der Waals surface area contributed by atoms with Gasteiger partial charge in [-0.2, -0.15) is 0 Å². The Labute approximate surface area is 118 Å². The van der Waals surface area contributed by atoms with Gasteiger partial charge in [-0.1, -0.05) is 38.8 Å². The quantitative estimate of drug-likeness (QED) is 0.785. The summed E-state index contributed by atoms with van der Waals surface area (Å²) in [4.78, 5) is 0. The van der Waals surface area contributed by atoms with Gasteiger partial charge in [-0.05, 0) is 60.1 Å². The number of rotatable bonds is 5. The van der Waals surface area contributed by atoms with E-state index in [1.807, 2.05) is 0 Å². The highest BCUT2D eigenvalue weighted by molar-refractivity contribution is 5.72. The molecule has 0 spiro atoms. The molecule has 0 unspecified atom stereocenters. The van der Waals surface area contributed by atoms with Crippen molar-refractivity contribution in [2.24, 2.45) is 0 Å². The number of nitrogens with one attached hydrogen (secondary N) is 1. The Morgan fingerprint density at radius 2 is 1.74 bits per heavy atom. The Balaban J connectivity index is 2.49. The van der Waals surface area contributed by atoms with Gasteiger partial charge < -0.3 is 5.32 Å². The van der Waals surface area contributed by atoms with Crippen LogP contribution in [0.4, 0.5) is 0 Å². The van der Waals surface area contributed by atoms with Gasteiger partial charge in [0.15, 0.2) is 0 Å². The molecule has 0 bridgehead atoms. The van der Waals surface area contributed by atoms with Gasteiger partial charge in [-0.15, -0.1) is 0 Å². The molecule has 1 aromatic rings. The molecule has 1 nitrogen and oxygen atoms in total. The molecule has 0 saturated carbocycles. The van der Waals surface area contributed by atoms with Crippen molar-refractivity contribution in [1.29, 1.82) is 0 Å². The van der Waals surface area contributed by atoms with Crippen molar-refractivity contribution < 1.29 is 0 Å². The molecule has 1 heterocycles. The van der Waals surface area contributed by atoms with Gasteiger partial charge in [0.2, 0.25) is 0 Å². The molecule has 1 aromatic carbocycles. The van der Waals surface area contributed by atoms with Crippen molar-refractivity contribution in [3.63, 3.8) is 0 Å². The van der Waals surface area contributed by atoms with Crippen LogP contribution in [0, 0.1) is 6.92 Å². The van der Waals surface area contributed by atoms with Crippen molar-refractivity contribution in [3.05, 3.63) is 40.0 Å². The standard InChI is InChI=1S/C18H27N/c1-5-8-14(6-2)17(7-3)18-10-16-12-19-11-15(16)9-13(18)4/h9-10,19H,5-8,11-12H2,1-4H3/b17-14+. The fourth-order valence-corrected chi connectivity index (χ4v) is 3.27. The number of aryl methyl sites for hydroxylation is 1. The molecule has 1 heteroatoms. The van der Waals surface area contributed by atoms with E-state index in [2.05, 4.69) is 45.1 Å². The summed E-state index contributed by atoms with van der Waals surface area (Å²) in [6.07, 6.45) is 4.83. The summed E-state index contributed by atoms with van der Waals surface area (Å²) in [5.41, 5.74) is 9.18. The average molecular weight is 257 g/mol. The van der Waals surface area contributed by atoms with Gasteiger partial charge in [0.25, 0.3) is 0 Å². The van der Waals surface area contributed by atoms with Gasteiger partial charge >= 0.3 is 0 Å². The molecule has 1 aliphatic rings. The van der Waals surface area contributed by atoms with E-state index in [1.54, 1.807) is 11.1 Å². The zero-order chi connectivity index (χ0) is 13.8. The first-order valence-electron chi connectivity index (χ1n) is 7.75. The summed E-state index contributed by atoms with van der Waals surface area (Å²) in [5, 5.41) is 3.45. The average Bonchev–Trinajstić information content (AvgIpc) is 2.85. The normalized spacial score (nSPS) is 15.4. The van der Waals surface area contributed by atoms with Crippen LogP contribution < -0.4 is 5.32 Å². The molecule has 0 fully saturated rings. The Bertz CT molecular complexity index is 483. The molecule has 0 aliphatic carbocycles. The molecule has 19 heavy (non-hydrogen) atoms. The summed E-state index contributed by atoms with van der Waals surface area (Å²) in [7, 11) is 0. The largest absolute Gasteiger partial charge is 0.309 e. The SMILES string of the molecule is CCC/C(CC)=C(\CC)c1cc2c(cc1C)CNC2. The van der Waals surface area contributed by atoms with E-state index in [1.165, 1.54) is 41.5 Å². The number of fused-ring (bicyclic) bond motifs is 1. The van der Waals surface area contributed by atoms with Crippen molar-refractivity contribution in [1.82, 2.24) is 5.32 Å². The zero-order valence-electron chi connectivity index (χ0n) is 12.9. The minimum Gasteiger partial charge on any atom is -0.309 e. The molecular weight excluding hydrogens is 230 g/mol. The third-order valence-corrected chi connectivity index (χ3v) is 4.26. The fraction of sp³-hybridized carbons (Fsp3) is 0.556. The summed E-state index contributed by atoms with van der Waals surface area (Å²) in [6, 6.07) is 4.83. The van der Waals surface area contributed by atoms with E-state index in [0.717, 1.165) is 19.5 Å². The van der Waals surface area contributed by atoms with Crippen LogP contribution in [0.1, 0.15) is 68.7 Å². The van der Waals surface area contributed by atoms with Crippen LogP contribution in [0.25, 0.3) is 5.57 Å². The van der Waals surface area contributed by atoms with Crippen LogP contribution in [0.3, 0.4) is 0 Å². The van der Waals surface area contributed by atoms with E-state index < -0.39 is 0 Å². The third kappa shape index (κ3) is 2.92. The van der Waals surface area contributed by atoms with E-state index in [9.17, 15) is 0 Å². The van der Waals surface area contributed by atoms with Crippen LogP contribution in [-0.2, 0) is 13.1 Å². The number of benzene rings is 1. The molecule has 0 saturated heterocycles. The highest BCUT2D eigenvalue weighted by atomic mass is 14.9. The summed E-state index contributed by atoms with van der Waals surface area (Å²) in [6.45, 7) is 11.2. The minimum atomic E-state index is 1.04. The summed E-state index contributed by atoms with van der Waals surface area (Å²) >= 11 is 0. The van der Waals surface area contributed by atoms with Crippen LogP contribution in [0.5, 0.6) is 0 Å². The maximum Gasteiger partial charge on any atom is 0.0212 e. The maximum absolute atomic E-state index is 3.45. The molecule has 2 rings (SSSR count). The smallest absolute Gasteiger partial charge is 0.0212 e. The van der Waals surface area contributed by atoms with Gasteiger partial charge in [-0.3, -0.25) is 0 Å². The van der Waals surface area contributed by atoms with Crippen LogP contribution in [0.15, 0.2) is 17.7 Å². The second-order valence-corrected chi connectivity index (χ2v) is 5.58. The van der Waals surface area contributed by atoms with Gasteiger partial charge in [0.1, 0.15) is 0 Å². The molecule has 0 radical (unpaired) electrons. The van der Waals surface area contributed by atoms with Crippen LogP contribution >= 0.6 is 0 Å². The van der Waals surface area contributed by atoms with E-state index in [0.29, 0.717) is 0 Å². The molecule has 0 aromatic heterocycles. The number of hydrogen-bond acceptors (Lipinski definition) is 1. The first-order valence-corrected chi connectivity index (χ1v) is 7.75. The Morgan fingerprint density at radius 1 is 1.05 bits per heavy atom. The molecular formula is C18H27N. The highest BCUT2D eigenvalue weighted by Gasteiger charge is 2.15. The van der Waals surface area contributed by atoms with Crippen molar-refractivity contribution in [2.45, 2.75) is 66.5 Å². The minimum absolute atomic E-state index is 1.04. The molecule has 1 aliphatic heterocycles. The van der Waals surface area contributed by atoms with Gasteiger partial charge in [-0.25, -0.2) is 0 Å². The predicted molar refractivity (Wildman–Crippen MR) is 84.1 cm³/mol. The third-order valence-electron chi connectivity index (χ3n) is 4.26. The van der Waals surface area contributed by atoms with E-state index >= 15 is 0 Å². The molecule has 0 atom stereocenters. The van der Waals surface area contributed by atoms with E-state index in [4.69, 9.17) is 0 Å². The van der Waals surface area contributed by atoms with Crippen LogP contribution in [-0.4, -0.2) is 0 Å². The summed E-state index contributed by atoms with van der Waals surface area (Å²) in [5.74, 6) is 0. The van der Waals surface area contributed by atoms with E-state index in [-0.39, 0.29) is 0 Å². The lowest BCUT2D eigenvalue weighted by Crippen LogP contribution is -1.99. The van der Waals surface area contributed by atoms with Crippen molar-refractivity contribution in [2.75, 3.05) is 0 Å². The van der Waals surface area contributed by atoms with Gasteiger partial charge in [0, 0.05) is 13.1 Å². The Kier molecular flexibility index (Phi) is 4.81. The predicted octanol–water partition coefficient (Wildman–Crippen LogP) is 4.97. The molecule has 0 amide bonds. The lowest BCUT2D eigenvalue weighted by atomic mass is 9.89. The topological polar surface area (TPSA) is 12.0 Å². The fourth-order valence-electron chi connectivity index (χ4n) is 3.27. The van der Waals surface area contributed by atoms with Crippen LogP contribution in [0.2, 0.25) is 0 Å². The van der Waals surface area contributed by atoms with Gasteiger partial charge in [0.05, 0.1) is 0 Å². The Morgan fingerprint density at radius 3 is 2.32 bits per heavy atom. The first-order chi connectivity index (χ1) is 9.21. The lowest BCUT2D eigenvalue weighted by molar-refractivity contribution is 0.764. The number of hydrogen-bond donors (Lipinski definition) is 1. The molecule has 104 valence electrons. The first kappa shape index (κ1) is 14.3. The maximum atomic E-state index is 3.45. The summed E-state index contributed by atoms with van der Waals surface area (Å²) < 4.78 is 0.